The van der Waals surface area contributed by atoms with Crippen molar-refractivity contribution in [3.05, 3.63) is 42.0 Å². The molecule has 0 heterocycles. The number of methoxy groups -OCH3 is 3. The Morgan fingerprint density at radius 1 is 0.867 bits per heavy atom. The zero-order chi connectivity index (χ0) is 22.1. The first-order chi connectivity index (χ1) is 14.4. The fourth-order valence-electron chi connectivity index (χ4n) is 2.47. The predicted octanol–water partition coefficient (Wildman–Crippen LogP) is 2.48. The minimum absolute atomic E-state index is 0.0703. The van der Waals surface area contributed by atoms with Gasteiger partial charge in [0.25, 0.3) is 5.91 Å². The molecule has 0 aliphatic heterocycles. The SMILES string of the molecule is COc1cc(NC(=O)COC(=O)COc2ccc(C(C)=O)cc2)cc(OC)c1OC. The van der Waals surface area contributed by atoms with Crippen molar-refractivity contribution in [2.75, 3.05) is 39.9 Å². The van der Waals surface area contributed by atoms with Gasteiger partial charge < -0.3 is 29.0 Å². The van der Waals surface area contributed by atoms with Gasteiger partial charge in [-0.05, 0) is 31.2 Å². The summed E-state index contributed by atoms with van der Waals surface area (Å²) in [7, 11) is 4.38. The highest BCUT2D eigenvalue weighted by atomic mass is 16.6. The summed E-state index contributed by atoms with van der Waals surface area (Å²) in [6.45, 7) is 0.579. The molecule has 1 amide bonds. The number of ether oxygens (including phenoxy) is 5. The number of carbonyl (C=O) groups is 3. The maximum Gasteiger partial charge on any atom is 0.344 e. The minimum Gasteiger partial charge on any atom is -0.493 e. The lowest BCUT2D eigenvalue weighted by Crippen LogP contribution is -2.23. The van der Waals surface area contributed by atoms with Crippen LogP contribution in [0.15, 0.2) is 36.4 Å². The molecule has 0 atom stereocenters. The Morgan fingerprint density at radius 2 is 1.47 bits per heavy atom. The molecular formula is C21H23NO8. The number of carbonyl (C=O) groups excluding carboxylic acids is 3. The molecule has 0 saturated carbocycles. The standard InChI is InChI=1S/C21H23NO8/c1-13(23)14-5-7-16(8-6-14)29-12-20(25)30-11-19(24)22-15-9-17(26-2)21(28-4)18(10-15)27-3/h5-10H,11-12H2,1-4H3,(H,22,24). The number of nitrogens with one attached hydrogen (secondary N) is 1. The van der Waals surface area contributed by atoms with Crippen LogP contribution in [0.5, 0.6) is 23.0 Å². The van der Waals surface area contributed by atoms with Crippen molar-refractivity contribution in [2.45, 2.75) is 6.92 Å². The Morgan fingerprint density at radius 3 is 1.97 bits per heavy atom. The van der Waals surface area contributed by atoms with Gasteiger partial charge in [0.15, 0.2) is 30.5 Å². The van der Waals surface area contributed by atoms with E-state index in [-0.39, 0.29) is 12.4 Å². The highest BCUT2D eigenvalue weighted by molar-refractivity contribution is 5.94. The van der Waals surface area contributed by atoms with Gasteiger partial charge in [0.2, 0.25) is 5.75 Å². The molecule has 1 N–H and O–H groups in total. The van der Waals surface area contributed by atoms with Gasteiger partial charge in [-0.1, -0.05) is 0 Å². The largest absolute Gasteiger partial charge is 0.493 e. The van der Waals surface area contributed by atoms with Crippen LogP contribution < -0.4 is 24.3 Å². The smallest absolute Gasteiger partial charge is 0.344 e. The molecule has 160 valence electrons. The third-order valence-corrected chi connectivity index (χ3v) is 3.93. The van der Waals surface area contributed by atoms with Crippen molar-refractivity contribution < 1.29 is 38.1 Å². The highest BCUT2D eigenvalue weighted by Gasteiger charge is 2.15. The van der Waals surface area contributed by atoms with E-state index < -0.39 is 18.5 Å². The zero-order valence-corrected chi connectivity index (χ0v) is 17.1. The lowest BCUT2D eigenvalue weighted by atomic mass is 10.1. The molecule has 9 nitrogen and oxygen atoms in total. The Labute approximate surface area is 173 Å². The Hall–Kier alpha value is -3.75. The third-order valence-electron chi connectivity index (χ3n) is 3.93. The number of benzene rings is 2. The van der Waals surface area contributed by atoms with Crippen molar-refractivity contribution in [1.82, 2.24) is 0 Å². The summed E-state index contributed by atoms with van der Waals surface area (Å²) in [6.07, 6.45) is 0. The Bertz CT molecular complexity index is 883. The second kappa shape index (κ2) is 10.7. The molecule has 0 unspecified atom stereocenters. The van der Waals surface area contributed by atoms with Crippen molar-refractivity contribution in [2.24, 2.45) is 0 Å². The molecule has 30 heavy (non-hydrogen) atoms. The van der Waals surface area contributed by atoms with E-state index in [1.807, 2.05) is 0 Å². The lowest BCUT2D eigenvalue weighted by Gasteiger charge is -2.14. The van der Waals surface area contributed by atoms with Crippen LogP contribution in [0.2, 0.25) is 0 Å². The molecule has 2 aromatic rings. The average molecular weight is 417 g/mol. The van der Waals surface area contributed by atoms with E-state index in [9.17, 15) is 14.4 Å². The van der Waals surface area contributed by atoms with Gasteiger partial charge in [0.05, 0.1) is 21.3 Å². The lowest BCUT2D eigenvalue weighted by molar-refractivity contribution is -0.149. The van der Waals surface area contributed by atoms with Crippen LogP contribution in [0, 0.1) is 0 Å². The van der Waals surface area contributed by atoms with E-state index in [0.717, 1.165) is 0 Å². The van der Waals surface area contributed by atoms with Gasteiger partial charge in [-0.3, -0.25) is 9.59 Å². The number of rotatable bonds is 10. The number of Topliss-reactive ketones (excluding diaryl/α,β-unsaturated/α-hetero) is 1. The van der Waals surface area contributed by atoms with E-state index in [0.29, 0.717) is 34.2 Å². The molecule has 0 spiro atoms. The zero-order valence-electron chi connectivity index (χ0n) is 17.1. The minimum atomic E-state index is -0.717. The van der Waals surface area contributed by atoms with E-state index in [4.69, 9.17) is 23.7 Å². The topological polar surface area (TPSA) is 109 Å². The maximum absolute atomic E-state index is 12.1. The predicted molar refractivity (Wildman–Crippen MR) is 108 cm³/mol. The van der Waals surface area contributed by atoms with Gasteiger partial charge >= 0.3 is 5.97 Å². The molecule has 0 aliphatic rings. The van der Waals surface area contributed by atoms with E-state index in [1.165, 1.54) is 28.3 Å². The van der Waals surface area contributed by atoms with E-state index >= 15 is 0 Å². The number of esters is 1. The average Bonchev–Trinajstić information content (AvgIpc) is 2.75. The fourth-order valence-corrected chi connectivity index (χ4v) is 2.47. The molecule has 0 aliphatic carbocycles. The summed E-state index contributed by atoms with van der Waals surface area (Å²) >= 11 is 0. The molecule has 0 aromatic heterocycles. The van der Waals surface area contributed by atoms with E-state index in [2.05, 4.69) is 5.32 Å². The summed E-state index contributed by atoms with van der Waals surface area (Å²) in [5.41, 5.74) is 0.917. The van der Waals surface area contributed by atoms with Crippen LogP contribution in [0.1, 0.15) is 17.3 Å². The highest BCUT2D eigenvalue weighted by Crippen LogP contribution is 2.39. The van der Waals surface area contributed by atoms with Gasteiger partial charge in [-0.25, -0.2) is 4.79 Å². The van der Waals surface area contributed by atoms with Gasteiger partial charge in [0, 0.05) is 23.4 Å². The molecule has 0 fully saturated rings. The molecule has 2 aromatic carbocycles. The summed E-state index contributed by atoms with van der Waals surface area (Å²) in [5, 5.41) is 2.58. The van der Waals surface area contributed by atoms with Gasteiger partial charge in [0.1, 0.15) is 5.75 Å². The first kappa shape index (κ1) is 22.5. The van der Waals surface area contributed by atoms with Crippen molar-refractivity contribution in [3.8, 4) is 23.0 Å². The van der Waals surface area contributed by atoms with Crippen LogP contribution in [0.4, 0.5) is 5.69 Å². The number of amides is 1. The summed E-state index contributed by atoms with van der Waals surface area (Å²) in [6, 6.07) is 9.42. The first-order valence-corrected chi connectivity index (χ1v) is 8.87. The molecule has 0 radical (unpaired) electrons. The number of hydrogen-bond donors (Lipinski definition) is 1. The number of anilines is 1. The molecule has 9 heteroatoms. The summed E-state index contributed by atoms with van der Waals surface area (Å²) in [4.78, 5) is 35.1. The normalized spacial score (nSPS) is 10.0. The second-order valence-corrected chi connectivity index (χ2v) is 5.99. The second-order valence-electron chi connectivity index (χ2n) is 5.99. The summed E-state index contributed by atoms with van der Waals surface area (Å²) in [5.74, 6) is 0.187. The molecule has 2 rings (SSSR count). The quantitative estimate of drug-likeness (QED) is 0.464. The van der Waals surface area contributed by atoms with Crippen molar-refractivity contribution >= 4 is 23.3 Å². The number of ketones is 1. The Kier molecular flexibility index (Phi) is 8.04. The monoisotopic (exact) mass is 417 g/mol. The van der Waals surface area contributed by atoms with Crippen LogP contribution in [-0.2, 0) is 14.3 Å². The van der Waals surface area contributed by atoms with Crippen LogP contribution in [0.3, 0.4) is 0 Å². The fraction of sp³-hybridized carbons (Fsp3) is 0.286. The van der Waals surface area contributed by atoms with Crippen LogP contribution in [-0.4, -0.2) is 52.2 Å². The van der Waals surface area contributed by atoms with Gasteiger partial charge in [-0.15, -0.1) is 0 Å². The van der Waals surface area contributed by atoms with Crippen molar-refractivity contribution in [1.29, 1.82) is 0 Å². The molecule has 0 saturated heterocycles. The van der Waals surface area contributed by atoms with Crippen molar-refractivity contribution in [3.63, 3.8) is 0 Å². The van der Waals surface area contributed by atoms with E-state index in [1.54, 1.807) is 36.4 Å². The number of hydrogen-bond acceptors (Lipinski definition) is 8. The third kappa shape index (κ3) is 6.13. The van der Waals surface area contributed by atoms with Gasteiger partial charge in [-0.2, -0.15) is 0 Å². The first-order valence-electron chi connectivity index (χ1n) is 8.87. The van der Waals surface area contributed by atoms with Crippen LogP contribution in [0.25, 0.3) is 0 Å². The Balaban J connectivity index is 1.85. The van der Waals surface area contributed by atoms with Crippen LogP contribution >= 0.6 is 0 Å². The maximum atomic E-state index is 12.1. The summed E-state index contributed by atoms with van der Waals surface area (Å²) < 4.78 is 25.8. The molecular weight excluding hydrogens is 394 g/mol. The molecule has 0 bridgehead atoms.